The smallest absolute Gasteiger partial charge is 0.317 e. The molecule has 2 unspecified atom stereocenters. The third-order valence-electron chi connectivity index (χ3n) is 4.83. The van der Waals surface area contributed by atoms with Crippen molar-refractivity contribution in [1.82, 2.24) is 15.1 Å². The molecule has 0 aromatic carbocycles. The fourth-order valence-electron chi connectivity index (χ4n) is 3.74. The lowest BCUT2D eigenvalue weighted by atomic mass is 9.92. The van der Waals surface area contributed by atoms with Crippen molar-refractivity contribution in [2.75, 3.05) is 39.3 Å². The van der Waals surface area contributed by atoms with E-state index in [1.54, 1.807) is 0 Å². The van der Waals surface area contributed by atoms with E-state index in [2.05, 4.69) is 31.0 Å². The van der Waals surface area contributed by atoms with Gasteiger partial charge in [-0.05, 0) is 56.4 Å². The summed E-state index contributed by atoms with van der Waals surface area (Å²) in [4.78, 5) is 16.8. The van der Waals surface area contributed by atoms with Crippen LogP contribution in [0.5, 0.6) is 0 Å². The summed E-state index contributed by atoms with van der Waals surface area (Å²) >= 11 is 0. The highest BCUT2D eigenvalue weighted by Gasteiger charge is 2.26. The van der Waals surface area contributed by atoms with Crippen molar-refractivity contribution in [3.8, 4) is 0 Å². The molecule has 2 aliphatic rings. The summed E-state index contributed by atoms with van der Waals surface area (Å²) in [7, 11) is 0. The summed E-state index contributed by atoms with van der Waals surface area (Å²) in [6, 6.07) is 0.147. The lowest BCUT2D eigenvalue weighted by Crippen LogP contribution is -2.43. The molecule has 0 spiro atoms. The van der Waals surface area contributed by atoms with Crippen LogP contribution >= 0.6 is 0 Å². The van der Waals surface area contributed by atoms with E-state index in [-0.39, 0.29) is 6.03 Å². The van der Waals surface area contributed by atoms with E-state index in [9.17, 15) is 4.79 Å². The minimum atomic E-state index is 0.147. The van der Waals surface area contributed by atoms with Crippen LogP contribution < -0.4 is 5.32 Å². The monoisotopic (exact) mass is 309 g/mol. The predicted octanol–water partition coefficient (Wildman–Crippen LogP) is 3.19. The lowest BCUT2D eigenvalue weighted by molar-refractivity contribution is 0.139. The van der Waals surface area contributed by atoms with Crippen LogP contribution in [-0.4, -0.2) is 55.1 Å². The fourth-order valence-corrected chi connectivity index (χ4v) is 3.74. The second-order valence-electron chi connectivity index (χ2n) is 7.68. The average molecular weight is 309 g/mol. The van der Waals surface area contributed by atoms with E-state index in [1.807, 2.05) is 4.90 Å². The molecule has 1 N–H and O–H groups in total. The molecule has 1 saturated heterocycles. The number of carbonyl (C=O) groups is 1. The number of likely N-dealkylation sites (tertiary alicyclic amines) is 1. The van der Waals surface area contributed by atoms with Gasteiger partial charge >= 0.3 is 6.03 Å². The Kier molecular flexibility index (Phi) is 7.00. The van der Waals surface area contributed by atoms with E-state index in [0.717, 1.165) is 56.8 Å². The number of amides is 2. The first-order valence-corrected chi connectivity index (χ1v) is 9.33. The van der Waals surface area contributed by atoms with E-state index < -0.39 is 0 Å². The molecule has 1 aliphatic carbocycles. The molecule has 22 heavy (non-hydrogen) atoms. The number of hydrogen-bond acceptors (Lipinski definition) is 2. The quantitative estimate of drug-likeness (QED) is 0.699. The van der Waals surface area contributed by atoms with Crippen LogP contribution in [0.3, 0.4) is 0 Å². The van der Waals surface area contributed by atoms with Gasteiger partial charge in [-0.1, -0.05) is 20.8 Å². The number of carbonyl (C=O) groups excluding carboxylic acids is 1. The van der Waals surface area contributed by atoms with Crippen molar-refractivity contribution in [1.29, 1.82) is 0 Å². The Morgan fingerprint density at radius 3 is 2.50 bits per heavy atom. The number of piperidine rings is 1. The van der Waals surface area contributed by atoms with Gasteiger partial charge in [0.15, 0.2) is 0 Å². The van der Waals surface area contributed by atoms with Gasteiger partial charge in [0, 0.05) is 32.7 Å². The van der Waals surface area contributed by atoms with Crippen LogP contribution in [0.1, 0.15) is 52.9 Å². The minimum Gasteiger partial charge on any atom is -0.338 e. The average Bonchev–Trinajstić information content (AvgIpc) is 3.26. The molecule has 0 aromatic rings. The van der Waals surface area contributed by atoms with Crippen LogP contribution in [-0.2, 0) is 0 Å². The van der Waals surface area contributed by atoms with Gasteiger partial charge in [0.1, 0.15) is 0 Å². The molecule has 1 heterocycles. The molecule has 0 bridgehead atoms. The fraction of sp³-hybridized carbons (Fsp3) is 0.944. The Labute approximate surface area is 136 Å². The normalized spacial score (nSPS) is 26.0. The summed E-state index contributed by atoms with van der Waals surface area (Å²) in [6.07, 6.45) is 6.08. The number of rotatable bonds is 8. The molecule has 2 fully saturated rings. The summed E-state index contributed by atoms with van der Waals surface area (Å²) in [6.45, 7) is 13.1. The van der Waals surface area contributed by atoms with E-state index in [0.29, 0.717) is 0 Å². The predicted molar refractivity (Wildman–Crippen MR) is 92.0 cm³/mol. The van der Waals surface area contributed by atoms with Crippen LogP contribution in [0.25, 0.3) is 0 Å². The van der Waals surface area contributed by atoms with Crippen molar-refractivity contribution >= 4 is 6.03 Å². The zero-order chi connectivity index (χ0) is 15.9. The second-order valence-corrected chi connectivity index (χ2v) is 7.68. The van der Waals surface area contributed by atoms with E-state index >= 15 is 0 Å². The van der Waals surface area contributed by atoms with Gasteiger partial charge in [0.25, 0.3) is 0 Å². The maximum absolute atomic E-state index is 12.3. The zero-order valence-electron chi connectivity index (χ0n) is 14.8. The van der Waals surface area contributed by atoms with E-state index in [4.69, 9.17) is 0 Å². The van der Waals surface area contributed by atoms with Crippen LogP contribution in [0.4, 0.5) is 4.79 Å². The Hall–Kier alpha value is -0.770. The number of nitrogens with one attached hydrogen (secondary N) is 1. The van der Waals surface area contributed by atoms with Gasteiger partial charge in [0.05, 0.1) is 0 Å². The standard InChI is InChI=1S/C18H35N3O/c1-4-9-21(14-17-6-7-17)18(22)19-8-5-10-20-12-15(2)11-16(3)13-20/h15-17H,4-14H2,1-3H3,(H,19,22). The molecule has 1 saturated carbocycles. The van der Waals surface area contributed by atoms with Crippen LogP contribution in [0.2, 0.25) is 0 Å². The van der Waals surface area contributed by atoms with Gasteiger partial charge in [-0.3, -0.25) is 0 Å². The molecule has 0 radical (unpaired) electrons. The molecule has 2 amide bonds. The lowest BCUT2D eigenvalue weighted by Gasteiger charge is -2.35. The maximum atomic E-state index is 12.3. The summed E-state index contributed by atoms with van der Waals surface area (Å²) < 4.78 is 0. The van der Waals surface area contributed by atoms with Gasteiger partial charge in [-0.15, -0.1) is 0 Å². The molecule has 0 aromatic heterocycles. The van der Waals surface area contributed by atoms with Crippen LogP contribution in [0.15, 0.2) is 0 Å². The highest BCUT2D eigenvalue weighted by atomic mass is 16.2. The highest BCUT2D eigenvalue weighted by Crippen LogP contribution is 2.29. The molecule has 2 atom stereocenters. The first-order chi connectivity index (χ1) is 10.6. The number of urea groups is 1. The van der Waals surface area contributed by atoms with Crippen molar-refractivity contribution in [2.24, 2.45) is 17.8 Å². The zero-order valence-corrected chi connectivity index (χ0v) is 14.8. The van der Waals surface area contributed by atoms with Crippen molar-refractivity contribution < 1.29 is 4.79 Å². The minimum absolute atomic E-state index is 0.147. The summed E-state index contributed by atoms with van der Waals surface area (Å²) in [5.41, 5.74) is 0. The third kappa shape index (κ3) is 6.15. The van der Waals surface area contributed by atoms with E-state index in [1.165, 1.54) is 32.4 Å². The molecular weight excluding hydrogens is 274 g/mol. The Morgan fingerprint density at radius 1 is 1.23 bits per heavy atom. The Morgan fingerprint density at radius 2 is 1.91 bits per heavy atom. The molecule has 128 valence electrons. The Bertz CT molecular complexity index is 333. The van der Waals surface area contributed by atoms with Crippen molar-refractivity contribution in [3.63, 3.8) is 0 Å². The first kappa shape index (κ1) is 17.6. The largest absolute Gasteiger partial charge is 0.338 e. The highest BCUT2D eigenvalue weighted by molar-refractivity contribution is 5.74. The third-order valence-corrected chi connectivity index (χ3v) is 4.83. The number of nitrogens with zero attached hydrogens (tertiary/aromatic N) is 2. The summed E-state index contributed by atoms with van der Waals surface area (Å²) in [5.74, 6) is 2.41. The maximum Gasteiger partial charge on any atom is 0.317 e. The molecule has 4 nitrogen and oxygen atoms in total. The second kappa shape index (κ2) is 8.76. The van der Waals surface area contributed by atoms with Crippen LogP contribution in [0, 0.1) is 17.8 Å². The van der Waals surface area contributed by atoms with Crippen molar-refractivity contribution in [2.45, 2.75) is 52.9 Å². The first-order valence-electron chi connectivity index (χ1n) is 9.33. The van der Waals surface area contributed by atoms with Gasteiger partial charge in [-0.2, -0.15) is 0 Å². The van der Waals surface area contributed by atoms with Crippen molar-refractivity contribution in [3.05, 3.63) is 0 Å². The van der Waals surface area contributed by atoms with Gasteiger partial charge in [0.2, 0.25) is 0 Å². The SMILES string of the molecule is CCCN(CC1CC1)C(=O)NCCCN1CC(C)CC(C)C1. The topological polar surface area (TPSA) is 35.6 Å². The molecule has 2 rings (SSSR count). The summed E-state index contributed by atoms with van der Waals surface area (Å²) in [5, 5.41) is 3.12. The number of hydrogen-bond donors (Lipinski definition) is 1. The molecule has 1 aliphatic heterocycles. The molecule has 4 heteroatoms. The van der Waals surface area contributed by atoms with Gasteiger partial charge < -0.3 is 15.1 Å². The van der Waals surface area contributed by atoms with Gasteiger partial charge in [-0.25, -0.2) is 4.79 Å². The Balaban J connectivity index is 1.61. The molecular formula is C18H35N3O.